The van der Waals surface area contributed by atoms with E-state index in [1.165, 1.54) is 4.31 Å². The van der Waals surface area contributed by atoms with Crippen LogP contribution in [-0.2, 0) is 15.6 Å². The molecular weight excluding hydrogens is 320 g/mol. The summed E-state index contributed by atoms with van der Waals surface area (Å²) in [6, 6.07) is 0. The second-order valence-corrected chi connectivity index (χ2v) is 9.41. The lowest BCUT2D eigenvalue weighted by Gasteiger charge is -2.39. The van der Waals surface area contributed by atoms with Crippen molar-refractivity contribution in [1.82, 2.24) is 18.0 Å². The molecule has 3 rings (SSSR count). The van der Waals surface area contributed by atoms with E-state index in [9.17, 15) is 8.42 Å². The van der Waals surface area contributed by atoms with E-state index in [-0.39, 0.29) is 5.41 Å². The van der Waals surface area contributed by atoms with E-state index >= 15 is 0 Å². The second kappa shape index (κ2) is 5.30. The van der Waals surface area contributed by atoms with Gasteiger partial charge in [-0.25, -0.2) is 4.98 Å². The number of nitrogens with zero attached hydrogens (tertiary/aromatic N) is 4. The Hall–Kier alpha value is -0.960. The van der Waals surface area contributed by atoms with Crippen LogP contribution in [0.2, 0.25) is 0 Å². The highest BCUT2D eigenvalue weighted by molar-refractivity contribution is 7.86. The molecule has 0 bridgehead atoms. The zero-order chi connectivity index (χ0) is 16.1. The van der Waals surface area contributed by atoms with Gasteiger partial charge in [0.2, 0.25) is 0 Å². The molecule has 1 aliphatic rings. The van der Waals surface area contributed by atoms with Gasteiger partial charge in [0.05, 0.1) is 5.69 Å². The maximum atomic E-state index is 12.5. The molecule has 3 heterocycles. The molecule has 0 aliphatic carbocycles. The van der Waals surface area contributed by atoms with Crippen LogP contribution in [0.3, 0.4) is 0 Å². The molecule has 0 spiro atoms. The molecule has 0 aromatic carbocycles. The number of fused-ring (bicyclic) bond motifs is 1. The van der Waals surface area contributed by atoms with Crippen LogP contribution in [0.4, 0.5) is 0 Å². The molecule has 1 atom stereocenters. The van der Waals surface area contributed by atoms with E-state index in [0.717, 1.165) is 29.2 Å². The van der Waals surface area contributed by atoms with Crippen LogP contribution < -0.4 is 0 Å². The molecule has 122 valence electrons. The summed E-state index contributed by atoms with van der Waals surface area (Å²) in [5.74, 6) is 0.958. The average Bonchev–Trinajstić information content (AvgIpc) is 3.03. The van der Waals surface area contributed by atoms with Crippen LogP contribution >= 0.6 is 11.3 Å². The molecule has 1 aliphatic heterocycles. The third-order valence-electron chi connectivity index (χ3n) is 4.45. The largest absolute Gasteiger partial charge is 0.294 e. The van der Waals surface area contributed by atoms with E-state index in [2.05, 4.69) is 11.3 Å². The maximum Gasteiger partial charge on any atom is 0.281 e. The van der Waals surface area contributed by atoms with Crippen molar-refractivity contribution < 1.29 is 8.42 Å². The Morgan fingerprint density at radius 2 is 2.14 bits per heavy atom. The first kappa shape index (κ1) is 15.9. The molecular formula is C14H22N4O2S2. The van der Waals surface area contributed by atoms with Crippen molar-refractivity contribution in [2.45, 2.75) is 32.1 Å². The van der Waals surface area contributed by atoms with Crippen molar-refractivity contribution in [3.05, 3.63) is 23.1 Å². The summed E-state index contributed by atoms with van der Waals surface area (Å²) in [6.45, 7) is 5.18. The Morgan fingerprint density at radius 3 is 2.82 bits per heavy atom. The van der Waals surface area contributed by atoms with Gasteiger partial charge in [-0.1, -0.05) is 6.92 Å². The van der Waals surface area contributed by atoms with E-state index in [1.807, 2.05) is 18.5 Å². The Bertz CT molecular complexity index is 793. The standard InChI is InChI=1S/C14H22N4O2S2/c1-11-15-12(13-18(11)8-9-21-13)14(2)6-5-7-17(10-14)22(19,20)16(3)4/h8-9H,5-7,10H2,1-4H3. The topological polar surface area (TPSA) is 57.9 Å². The number of aryl methyl sites for hydroxylation is 1. The first-order valence-corrected chi connectivity index (χ1v) is 9.63. The molecule has 1 fully saturated rings. The highest BCUT2D eigenvalue weighted by Crippen LogP contribution is 2.38. The van der Waals surface area contributed by atoms with E-state index in [4.69, 9.17) is 4.98 Å². The van der Waals surface area contributed by atoms with Crippen molar-refractivity contribution >= 4 is 26.4 Å². The summed E-state index contributed by atoms with van der Waals surface area (Å²) in [4.78, 5) is 5.87. The molecule has 8 heteroatoms. The van der Waals surface area contributed by atoms with E-state index in [1.54, 1.807) is 29.7 Å². The fourth-order valence-electron chi connectivity index (χ4n) is 3.18. The third-order valence-corrected chi connectivity index (χ3v) is 7.21. The SMILES string of the molecule is Cc1nc(C2(C)CCCN(S(=O)(=O)N(C)C)C2)c2sccn12. The monoisotopic (exact) mass is 342 g/mol. The molecule has 0 N–H and O–H groups in total. The van der Waals surface area contributed by atoms with Gasteiger partial charge >= 0.3 is 0 Å². The summed E-state index contributed by atoms with van der Waals surface area (Å²) in [5.41, 5.74) is 0.782. The molecule has 0 amide bonds. The molecule has 22 heavy (non-hydrogen) atoms. The van der Waals surface area contributed by atoms with E-state index < -0.39 is 10.2 Å². The van der Waals surface area contributed by atoms with Crippen molar-refractivity contribution in [3.8, 4) is 0 Å². The van der Waals surface area contributed by atoms with Crippen LogP contribution in [0.5, 0.6) is 0 Å². The summed E-state index contributed by atoms with van der Waals surface area (Å²) in [5, 5.41) is 2.05. The Morgan fingerprint density at radius 1 is 1.41 bits per heavy atom. The zero-order valence-corrected chi connectivity index (χ0v) is 15.0. The minimum Gasteiger partial charge on any atom is -0.294 e. The maximum absolute atomic E-state index is 12.5. The van der Waals surface area contributed by atoms with Crippen LogP contribution in [-0.4, -0.2) is 53.6 Å². The van der Waals surface area contributed by atoms with Crippen molar-refractivity contribution in [2.75, 3.05) is 27.2 Å². The summed E-state index contributed by atoms with van der Waals surface area (Å²) in [6.07, 6.45) is 3.83. The van der Waals surface area contributed by atoms with Gasteiger partial charge in [-0.05, 0) is 19.8 Å². The van der Waals surface area contributed by atoms with Gasteiger partial charge in [-0.15, -0.1) is 11.3 Å². The van der Waals surface area contributed by atoms with Crippen LogP contribution in [0.25, 0.3) is 4.83 Å². The molecule has 1 unspecified atom stereocenters. The lowest BCUT2D eigenvalue weighted by Crippen LogP contribution is -2.50. The van der Waals surface area contributed by atoms with Crippen molar-refractivity contribution in [2.24, 2.45) is 0 Å². The molecule has 2 aromatic rings. The second-order valence-electron chi connectivity index (χ2n) is 6.37. The first-order valence-electron chi connectivity index (χ1n) is 7.36. The fraction of sp³-hybridized carbons (Fsp3) is 0.643. The van der Waals surface area contributed by atoms with E-state index in [0.29, 0.717) is 13.1 Å². The Balaban J connectivity index is 2.01. The predicted octanol–water partition coefficient (Wildman–Crippen LogP) is 1.86. The van der Waals surface area contributed by atoms with Crippen LogP contribution in [0.15, 0.2) is 11.6 Å². The molecule has 0 radical (unpaired) electrons. The Kier molecular flexibility index (Phi) is 3.83. The lowest BCUT2D eigenvalue weighted by atomic mass is 9.80. The molecule has 2 aromatic heterocycles. The van der Waals surface area contributed by atoms with Gasteiger partial charge in [0.15, 0.2) is 0 Å². The number of imidazole rings is 1. The van der Waals surface area contributed by atoms with Gasteiger partial charge in [0, 0.05) is 44.2 Å². The lowest BCUT2D eigenvalue weighted by molar-refractivity contribution is 0.229. The Labute approximate surface area is 135 Å². The summed E-state index contributed by atoms with van der Waals surface area (Å²) in [7, 11) is -0.211. The summed E-state index contributed by atoms with van der Waals surface area (Å²) >= 11 is 1.66. The number of hydrogen-bond acceptors (Lipinski definition) is 4. The first-order chi connectivity index (χ1) is 10.3. The van der Waals surface area contributed by atoms with Crippen molar-refractivity contribution in [1.29, 1.82) is 0 Å². The predicted molar refractivity (Wildman–Crippen MR) is 88.6 cm³/mol. The van der Waals surface area contributed by atoms with Crippen molar-refractivity contribution in [3.63, 3.8) is 0 Å². The van der Waals surface area contributed by atoms with Gasteiger partial charge in [0.1, 0.15) is 10.7 Å². The molecule has 6 nitrogen and oxygen atoms in total. The van der Waals surface area contributed by atoms with Gasteiger partial charge in [0.25, 0.3) is 10.2 Å². The van der Waals surface area contributed by atoms with Gasteiger partial charge in [-0.3, -0.25) is 4.40 Å². The summed E-state index contributed by atoms with van der Waals surface area (Å²) < 4.78 is 29.9. The molecule has 1 saturated heterocycles. The average molecular weight is 342 g/mol. The highest BCUT2D eigenvalue weighted by atomic mass is 32.2. The quantitative estimate of drug-likeness (QED) is 0.855. The van der Waals surface area contributed by atoms with Crippen LogP contribution in [0.1, 0.15) is 31.3 Å². The number of thiazole rings is 1. The zero-order valence-electron chi connectivity index (χ0n) is 13.4. The normalized spacial score (nSPS) is 24.4. The number of piperidine rings is 1. The number of rotatable bonds is 3. The fourth-order valence-corrected chi connectivity index (χ4v) is 5.47. The minimum absolute atomic E-state index is 0.244. The third kappa shape index (κ3) is 2.38. The van der Waals surface area contributed by atoms with Crippen LogP contribution in [0, 0.1) is 6.92 Å². The van der Waals surface area contributed by atoms with Gasteiger partial charge < -0.3 is 0 Å². The van der Waals surface area contributed by atoms with Gasteiger partial charge in [-0.2, -0.15) is 17.0 Å². The number of hydrogen-bond donors (Lipinski definition) is 0. The smallest absolute Gasteiger partial charge is 0.281 e. The minimum atomic E-state index is -3.38. The highest BCUT2D eigenvalue weighted by Gasteiger charge is 2.41. The molecule has 0 saturated carbocycles. The number of aromatic nitrogens is 2.